The van der Waals surface area contributed by atoms with Crippen LogP contribution in [-0.2, 0) is 14.3 Å². The maximum Gasteiger partial charge on any atom is 0.328 e. The van der Waals surface area contributed by atoms with Crippen LogP contribution in [0.2, 0.25) is 0 Å². The van der Waals surface area contributed by atoms with Crippen LogP contribution in [0, 0.1) is 17.8 Å². The van der Waals surface area contributed by atoms with Crippen LogP contribution < -0.4 is 5.32 Å². The quantitative estimate of drug-likeness (QED) is 0.721. The topological polar surface area (TPSA) is 55.4 Å². The summed E-state index contributed by atoms with van der Waals surface area (Å²) in [6.45, 7) is 5.98. The predicted octanol–water partition coefficient (Wildman–Crippen LogP) is 1.35. The van der Waals surface area contributed by atoms with E-state index in [1.54, 1.807) is 0 Å². The lowest BCUT2D eigenvalue weighted by Gasteiger charge is -2.21. The number of rotatable bonds is 5. The fourth-order valence-corrected chi connectivity index (χ4v) is 1.74. The van der Waals surface area contributed by atoms with Crippen molar-refractivity contribution in [1.82, 2.24) is 5.32 Å². The second-order valence-electron chi connectivity index (χ2n) is 4.71. The van der Waals surface area contributed by atoms with Crippen molar-refractivity contribution in [3.8, 4) is 0 Å². The van der Waals surface area contributed by atoms with Crippen LogP contribution in [-0.4, -0.2) is 25.0 Å². The molecule has 1 rings (SSSR count). The van der Waals surface area contributed by atoms with Crippen molar-refractivity contribution < 1.29 is 14.3 Å². The van der Waals surface area contributed by atoms with E-state index in [9.17, 15) is 9.59 Å². The van der Waals surface area contributed by atoms with Gasteiger partial charge in [0.05, 0.1) is 7.11 Å². The van der Waals surface area contributed by atoms with Gasteiger partial charge in [-0.3, -0.25) is 4.79 Å². The van der Waals surface area contributed by atoms with Crippen LogP contribution in [0.25, 0.3) is 0 Å². The van der Waals surface area contributed by atoms with Crippen molar-refractivity contribution in [2.24, 2.45) is 17.8 Å². The lowest BCUT2D eigenvalue weighted by atomic mass is 9.99. The Morgan fingerprint density at radius 1 is 1.50 bits per heavy atom. The normalized spacial score (nSPS) is 26.8. The SMILES string of the molecule is CC[C@H](C)[C@H](NC(=O)[C@@H]1C[C@H]1C)C(=O)OC. The van der Waals surface area contributed by atoms with Gasteiger partial charge in [0.2, 0.25) is 5.91 Å². The smallest absolute Gasteiger partial charge is 0.328 e. The minimum absolute atomic E-state index is 0.0109. The highest BCUT2D eigenvalue weighted by Crippen LogP contribution is 2.37. The Hall–Kier alpha value is -1.06. The van der Waals surface area contributed by atoms with Crippen molar-refractivity contribution >= 4 is 11.9 Å². The van der Waals surface area contributed by atoms with Gasteiger partial charge in [-0.05, 0) is 18.3 Å². The Balaban J connectivity index is 2.56. The summed E-state index contributed by atoms with van der Waals surface area (Å²) in [5.74, 6) is 0.288. The summed E-state index contributed by atoms with van der Waals surface area (Å²) < 4.78 is 4.71. The van der Waals surface area contributed by atoms with E-state index < -0.39 is 6.04 Å². The molecule has 1 amide bonds. The summed E-state index contributed by atoms with van der Waals surface area (Å²) in [6, 6.07) is -0.504. The molecule has 4 atom stereocenters. The zero-order valence-corrected chi connectivity index (χ0v) is 10.4. The van der Waals surface area contributed by atoms with E-state index in [2.05, 4.69) is 5.32 Å². The molecule has 0 heterocycles. The summed E-state index contributed by atoms with van der Waals surface area (Å²) in [7, 11) is 1.35. The van der Waals surface area contributed by atoms with Crippen LogP contribution in [0.3, 0.4) is 0 Å². The number of nitrogens with one attached hydrogen (secondary N) is 1. The summed E-state index contributed by atoms with van der Waals surface area (Å²) in [5.41, 5.74) is 0. The van der Waals surface area contributed by atoms with Gasteiger partial charge in [0.1, 0.15) is 6.04 Å². The molecule has 0 saturated heterocycles. The number of carbonyl (C=O) groups is 2. The average molecular weight is 227 g/mol. The molecule has 0 aromatic heterocycles. The maximum absolute atomic E-state index is 11.7. The van der Waals surface area contributed by atoms with E-state index in [1.807, 2.05) is 20.8 Å². The molecule has 0 radical (unpaired) electrons. The number of methoxy groups -OCH3 is 1. The van der Waals surface area contributed by atoms with Crippen LogP contribution in [0.1, 0.15) is 33.6 Å². The molecule has 1 aliphatic carbocycles. The van der Waals surface area contributed by atoms with E-state index in [0.29, 0.717) is 5.92 Å². The molecule has 4 nitrogen and oxygen atoms in total. The van der Waals surface area contributed by atoms with Gasteiger partial charge < -0.3 is 10.1 Å². The highest BCUT2D eigenvalue weighted by molar-refractivity contribution is 5.87. The monoisotopic (exact) mass is 227 g/mol. The van der Waals surface area contributed by atoms with Gasteiger partial charge in [0, 0.05) is 5.92 Å². The van der Waals surface area contributed by atoms with Crippen molar-refractivity contribution in [1.29, 1.82) is 0 Å². The molecular formula is C12H21NO3. The standard InChI is InChI=1S/C12H21NO3/c1-5-7(2)10(12(15)16-4)13-11(14)9-6-8(9)3/h7-10H,5-6H2,1-4H3,(H,13,14)/t7-,8+,9+,10-/m0/s1. The number of ether oxygens (including phenoxy) is 1. The maximum atomic E-state index is 11.7. The van der Waals surface area contributed by atoms with Crippen molar-refractivity contribution in [3.63, 3.8) is 0 Å². The van der Waals surface area contributed by atoms with E-state index in [1.165, 1.54) is 7.11 Å². The zero-order valence-electron chi connectivity index (χ0n) is 10.4. The van der Waals surface area contributed by atoms with Crippen molar-refractivity contribution in [3.05, 3.63) is 0 Å². The molecule has 1 aliphatic rings. The third-order valence-electron chi connectivity index (χ3n) is 3.41. The summed E-state index contributed by atoms with van der Waals surface area (Å²) in [6.07, 6.45) is 1.76. The third kappa shape index (κ3) is 2.97. The second kappa shape index (κ2) is 5.32. The lowest BCUT2D eigenvalue weighted by molar-refractivity contribution is -0.146. The van der Waals surface area contributed by atoms with Gasteiger partial charge in [-0.15, -0.1) is 0 Å². The number of carbonyl (C=O) groups excluding carboxylic acids is 2. The van der Waals surface area contributed by atoms with Gasteiger partial charge in [0.15, 0.2) is 0 Å². The second-order valence-corrected chi connectivity index (χ2v) is 4.71. The molecule has 92 valence electrons. The first kappa shape index (κ1) is 13.0. The van der Waals surface area contributed by atoms with E-state index in [-0.39, 0.29) is 23.7 Å². The number of amides is 1. The summed E-state index contributed by atoms with van der Waals surface area (Å²) in [4.78, 5) is 23.3. The molecule has 0 unspecified atom stereocenters. The van der Waals surface area contributed by atoms with Gasteiger partial charge in [0.25, 0.3) is 0 Å². The molecular weight excluding hydrogens is 206 g/mol. The first-order chi connectivity index (χ1) is 7.51. The molecule has 0 spiro atoms. The van der Waals surface area contributed by atoms with Crippen molar-refractivity contribution in [2.45, 2.75) is 39.7 Å². The molecule has 1 saturated carbocycles. The van der Waals surface area contributed by atoms with Crippen molar-refractivity contribution in [2.75, 3.05) is 7.11 Å². The fourth-order valence-electron chi connectivity index (χ4n) is 1.74. The Kier molecular flexibility index (Phi) is 4.33. The first-order valence-corrected chi connectivity index (χ1v) is 5.89. The molecule has 16 heavy (non-hydrogen) atoms. The molecule has 0 aliphatic heterocycles. The van der Waals surface area contributed by atoms with Crippen LogP contribution in [0.15, 0.2) is 0 Å². The highest BCUT2D eigenvalue weighted by atomic mass is 16.5. The van der Waals surface area contributed by atoms with Gasteiger partial charge in [-0.1, -0.05) is 27.2 Å². The minimum atomic E-state index is -0.504. The molecule has 1 N–H and O–H groups in total. The molecule has 0 bridgehead atoms. The Morgan fingerprint density at radius 2 is 2.06 bits per heavy atom. The first-order valence-electron chi connectivity index (χ1n) is 5.89. The highest BCUT2D eigenvalue weighted by Gasteiger charge is 2.41. The molecule has 1 fully saturated rings. The van der Waals surface area contributed by atoms with E-state index in [0.717, 1.165) is 12.8 Å². The largest absolute Gasteiger partial charge is 0.467 e. The number of esters is 1. The number of hydrogen-bond donors (Lipinski definition) is 1. The zero-order chi connectivity index (χ0) is 12.3. The predicted molar refractivity (Wildman–Crippen MR) is 60.7 cm³/mol. The third-order valence-corrected chi connectivity index (χ3v) is 3.41. The summed E-state index contributed by atoms with van der Waals surface area (Å²) >= 11 is 0. The van der Waals surface area contributed by atoms with Crippen LogP contribution in [0.4, 0.5) is 0 Å². The summed E-state index contributed by atoms with van der Waals surface area (Å²) in [5, 5.41) is 2.80. The average Bonchev–Trinajstić information content (AvgIpc) is 3.01. The minimum Gasteiger partial charge on any atom is -0.467 e. The van der Waals surface area contributed by atoms with E-state index >= 15 is 0 Å². The van der Waals surface area contributed by atoms with Crippen LogP contribution in [0.5, 0.6) is 0 Å². The van der Waals surface area contributed by atoms with Gasteiger partial charge >= 0.3 is 5.97 Å². The molecule has 0 aromatic carbocycles. The van der Waals surface area contributed by atoms with Crippen LogP contribution >= 0.6 is 0 Å². The Bertz CT molecular complexity index is 277. The lowest BCUT2D eigenvalue weighted by Crippen LogP contribution is -2.46. The number of hydrogen-bond acceptors (Lipinski definition) is 3. The van der Waals surface area contributed by atoms with E-state index in [4.69, 9.17) is 4.74 Å². The Labute approximate surface area is 96.7 Å². The molecule has 0 aromatic rings. The molecule has 4 heteroatoms. The van der Waals surface area contributed by atoms with Gasteiger partial charge in [-0.25, -0.2) is 4.79 Å². The van der Waals surface area contributed by atoms with Gasteiger partial charge in [-0.2, -0.15) is 0 Å². The fraction of sp³-hybridized carbons (Fsp3) is 0.833. The Morgan fingerprint density at radius 3 is 2.44 bits per heavy atom.